The van der Waals surface area contributed by atoms with E-state index in [-0.39, 0.29) is 5.92 Å². The van der Waals surface area contributed by atoms with Gasteiger partial charge in [0.2, 0.25) is 0 Å². The Morgan fingerprint density at radius 2 is 2.60 bits per heavy atom. The fourth-order valence-electron chi connectivity index (χ4n) is 1.39. The third-order valence-corrected chi connectivity index (χ3v) is 2.21. The van der Waals surface area contributed by atoms with Crippen molar-refractivity contribution < 1.29 is 14.6 Å². The Labute approximate surface area is 88.4 Å². The number of nitrogens with two attached hydrogens (primary N) is 1. The maximum Gasteiger partial charge on any atom is 0.320 e. The molecule has 1 rings (SSSR count). The number of carboxylic acid groups (broad SMARTS) is 1. The Bertz CT molecular complexity index is 338. The van der Waals surface area contributed by atoms with Crippen LogP contribution >= 0.6 is 0 Å². The van der Waals surface area contributed by atoms with Gasteiger partial charge in [0.1, 0.15) is 17.9 Å². The van der Waals surface area contributed by atoms with Crippen molar-refractivity contribution in [2.24, 2.45) is 11.7 Å². The number of ether oxygens (including phenoxy) is 1. The van der Waals surface area contributed by atoms with E-state index < -0.39 is 12.0 Å². The minimum absolute atomic E-state index is 0.140. The van der Waals surface area contributed by atoms with Crippen LogP contribution in [0, 0.1) is 18.4 Å². The molecule has 2 atom stereocenters. The van der Waals surface area contributed by atoms with Crippen LogP contribution in [-0.4, -0.2) is 17.1 Å². The lowest BCUT2D eigenvalue weighted by Crippen LogP contribution is -2.32. The number of rotatable bonds is 4. The molecule has 0 aromatic heterocycles. The Hall–Kier alpha value is -1.73. The van der Waals surface area contributed by atoms with Crippen LogP contribution in [0.4, 0.5) is 0 Å². The van der Waals surface area contributed by atoms with Gasteiger partial charge in [-0.2, -0.15) is 0 Å². The summed E-state index contributed by atoms with van der Waals surface area (Å²) in [7, 11) is 0. The quantitative estimate of drug-likeness (QED) is 0.670. The van der Waals surface area contributed by atoms with Crippen LogP contribution in [0.5, 0.6) is 0 Å². The molecular formula is C11H13NO3. The van der Waals surface area contributed by atoms with E-state index in [0.717, 1.165) is 0 Å². The van der Waals surface area contributed by atoms with Crippen molar-refractivity contribution in [3.63, 3.8) is 0 Å². The molecule has 4 heteroatoms. The summed E-state index contributed by atoms with van der Waals surface area (Å²) in [5.41, 5.74) is 5.42. The number of carbonyl (C=O) groups is 1. The van der Waals surface area contributed by atoms with Crippen molar-refractivity contribution in [2.75, 3.05) is 0 Å². The molecule has 0 heterocycles. The first-order valence-electron chi connectivity index (χ1n) is 4.62. The number of carboxylic acids is 1. The van der Waals surface area contributed by atoms with Crippen LogP contribution in [0.25, 0.3) is 0 Å². The molecule has 0 amide bonds. The molecule has 0 aromatic rings. The molecule has 0 aromatic carbocycles. The van der Waals surface area contributed by atoms with Gasteiger partial charge >= 0.3 is 5.97 Å². The van der Waals surface area contributed by atoms with E-state index in [4.69, 9.17) is 22.0 Å². The van der Waals surface area contributed by atoms with E-state index in [1.165, 1.54) is 0 Å². The zero-order valence-electron chi connectivity index (χ0n) is 8.22. The van der Waals surface area contributed by atoms with Gasteiger partial charge in [0, 0.05) is 0 Å². The second-order valence-electron chi connectivity index (χ2n) is 3.36. The second kappa shape index (κ2) is 5.23. The Morgan fingerprint density at radius 3 is 3.07 bits per heavy atom. The highest BCUT2D eigenvalue weighted by molar-refractivity contribution is 5.73. The molecule has 80 valence electrons. The first-order valence-corrected chi connectivity index (χ1v) is 4.62. The van der Waals surface area contributed by atoms with Gasteiger partial charge in [-0.05, 0) is 30.9 Å². The molecule has 0 saturated carbocycles. The maximum atomic E-state index is 10.5. The van der Waals surface area contributed by atoms with E-state index in [1.807, 2.05) is 12.2 Å². The zero-order valence-corrected chi connectivity index (χ0v) is 8.22. The summed E-state index contributed by atoms with van der Waals surface area (Å²) in [6, 6.07) is -0.817. The van der Waals surface area contributed by atoms with Crippen molar-refractivity contribution in [1.29, 1.82) is 0 Å². The van der Waals surface area contributed by atoms with Gasteiger partial charge < -0.3 is 15.6 Å². The van der Waals surface area contributed by atoms with Gasteiger partial charge in [0.15, 0.2) is 0 Å². The molecule has 1 aliphatic rings. The highest BCUT2D eigenvalue weighted by atomic mass is 16.5. The highest BCUT2D eigenvalue weighted by Crippen LogP contribution is 2.20. The molecule has 0 aliphatic heterocycles. The average molecular weight is 207 g/mol. The van der Waals surface area contributed by atoms with Crippen LogP contribution in [0.15, 0.2) is 24.0 Å². The van der Waals surface area contributed by atoms with Gasteiger partial charge in [-0.25, -0.2) is 0 Å². The molecule has 1 unspecified atom stereocenters. The van der Waals surface area contributed by atoms with E-state index in [2.05, 4.69) is 6.11 Å². The fourth-order valence-corrected chi connectivity index (χ4v) is 1.39. The third kappa shape index (κ3) is 3.49. The van der Waals surface area contributed by atoms with Crippen LogP contribution in [-0.2, 0) is 9.53 Å². The predicted molar refractivity (Wildman–Crippen MR) is 55.5 cm³/mol. The molecule has 0 radical (unpaired) electrons. The summed E-state index contributed by atoms with van der Waals surface area (Å²) in [6.45, 7) is 0. The largest absolute Gasteiger partial charge is 0.480 e. The standard InChI is InChI=1S/C11H13NO3/c1-2-15-9-5-3-8(4-6-9)7-10(12)11(13)14/h1,3,5-6,8,10H,4,7,12H2,(H,13,14)/t8?,10-/m0/s1. The number of terminal acetylenes is 1. The van der Waals surface area contributed by atoms with E-state index in [0.29, 0.717) is 18.6 Å². The molecular weight excluding hydrogens is 194 g/mol. The molecule has 0 fully saturated rings. The highest BCUT2D eigenvalue weighted by Gasteiger charge is 2.18. The van der Waals surface area contributed by atoms with Crippen molar-refractivity contribution in [3.8, 4) is 12.5 Å². The van der Waals surface area contributed by atoms with Gasteiger partial charge in [0.25, 0.3) is 0 Å². The topological polar surface area (TPSA) is 72.5 Å². The number of allylic oxidation sites excluding steroid dienone is 3. The van der Waals surface area contributed by atoms with Crippen LogP contribution in [0.3, 0.4) is 0 Å². The Morgan fingerprint density at radius 1 is 1.87 bits per heavy atom. The first kappa shape index (κ1) is 11.3. The third-order valence-electron chi connectivity index (χ3n) is 2.21. The minimum Gasteiger partial charge on any atom is -0.480 e. The molecule has 0 spiro atoms. The van der Waals surface area contributed by atoms with Crippen molar-refractivity contribution in [3.05, 3.63) is 24.0 Å². The van der Waals surface area contributed by atoms with E-state index in [1.54, 1.807) is 6.08 Å². The fraction of sp³-hybridized carbons (Fsp3) is 0.364. The number of hydrogen-bond acceptors (Lipinski definition) is 3. The number of aliphatic carboxylic acids is 1. The summed E-state index contributed by atoms with van der Waals surface area (Å²) >= 11 is 0. The molecule has 15 heavy (non-hydrogen) atoms. The Balaban J connectivity index is 2.43. The Kier molecular flexibility index (Phi) is 3.95. The first-order chi connectivity index (χ1) is 7.13. The monoisotopic (exact) mass is 207 g/mol. The van der Waals surface area contributed by atoms with Gasteiger partial charge in [-0.1, -0.05) is 12.5 Å². The summed E-state index contributed by atoms with van der Waals surface area (Å²) in [5, 5.41) is 8.63. The van der Waals surface area contributed by atoms with Crippen molar-refractivity contribution in [1.82, 2.24) is 0 Å². The summed E-state index contributed by atoms with van der Waals surface area (Å²) in [5.74, 6) is -0.211. The molecule has 0 bridgehead atoms. The van der Waals surface area contributed by atoms with Gasteiger partial charge in [0.05, 0.1) is 0 Å². The average Bonchev–Trinajstić information content (AvgIpc) is 2.21. The lowest BCUT2D eigenvalue weighted by atomic mass is 9.93. The van der Waals surface area contributed by atoms with Crippen molar-refractivity contribution >= 4 is 5.97 Å². The van der Waals surface area contributed by atoms with Crippen molar-refractivity contribution in [2.45, 2.75) is 18.9 Å². The molecule has 0 saturated heterocycles. The number of hydrogen-bond donors (Lipinski definition) is 2. The lowest BCUT2D eigenvalue weighted by molar-refractivity contribution is -0.138. The second-order valence-corrected chi connectivity index (χ2v) is 3.36. The maximum absolute atomic E-state index is 10.5. The molecule has 4 nitrogen and oxygen atoms in total. The van der Waals surface area contributed by atoms with Crippen LogP contribution < -0.4 is 5.73 Å². The predicted octanol–water partition coefficient (Wildman–Crippen LogP) is 0.856. The SMILES string of the molecule is C#COC1=CCC(C[C@H](N)C(=O)O)C=C1. The lowest BCUT2D eigenvalue weighted by Gasteiger charge is -2.16. The summed E-state index contributed by atoms with van der Waals surface area (Å²) < 4.78 is 4.84. The summed E-state index contributed by atoms with van der Waals surface area (Å²) in [6.07, 6.45) is 13.6. The van der Waals surface area contributed by atoms with E-state index in [9.17, 15) is 4.79 Å². The van der Waals surface area contributed by atoms with Gasteiger partial charge in [-0.15, -0.1) is 0 Å². The van der Waals surface area contributed by atoms with E-state index >= 15 is 0 Å². The van der Waals surface area contributed by atoms with Gasteiger partial charge in [-0.3, -0.25) is 4.79 Å². The summed E-state index contributed by atoms with van der Waals surface area (Å²) in [4.78, 5) is 10.5. The van der Waals surface area contributed by atoms with Crippen LogP contribution in [0.1, 0.15) is 12.8 Å². The van der Waals surface area contributed by atoms with Crippen LogP contribution in [0.2, 0.25) is 0 Å². The normalized spacial score (nSPS) is 21.3. The zero-order chi connectivity index (χ0) is 11.3. The molecule has 1 aliphatic carbocycles. The molecule has 3 N–H and O–H groups in total. The minimum atomic E-state index is -0.974. The smallest absolute Gasteiger partial charge is 0.320 e.